The molecule has 0 N–H and O–H groups in total. The minimum Gasteiger partial charge on any atom is -0.383 e. The van der Waals surface area contributed by atoms with Gasteiger partial charge in [-0.3, -0.25) is 4.99 Å². The molecule has 2 nitrogen and oxygen atoms in total. The average Bonchev–Trinajstić information content (AvgIpc) is 1.69. The van der Waals surface area contributed by atoms with Gasteiger partial charge in [-0.15, -0.1) is 0 Å². The van der Waals surface area contributed by atoms with Crippen LogP contribution in [0.3, 0.4) is 0 Å². The smallest absolute Gasteiger partial charge is 0.0657 e. The van der Waals surface area contributed by atoms with Crippen molar-refractivity contribution in [1.82, 2.24) is 0 Å². The van der Waals surface area contributed by atoms with Crippen molar-refractivity contribution >= 4 is 6.21 Å². The first-order valence-corrected chi connectivity index (χ1v) is 2.35. The fourth-order valence-corrected chi connectivity index (χ4v) is 0.273. The second-order valence-corrected chi connectivity index (χ2v) is 1.16. The largest absolute Gasteiger partial charge is 0.383 e. The zero-order chi connectivity index (χ0) is 5.54. The summed E-state index contributed by atoms with van der Waals surface area (Å²) in [5.41, 5.74) is 0. The maximum atomic E-state index is 4.73. The Balaban J connectivity index is 2.69. The first-order chi connectivity index (χ1) is 3.41. The van der Waals surface area contributed by atoms with Crippen LogP contribution in [0.4, 0.5) is 0 Å². The Morgan fingerprint density at radius 2 is 2.43 bits per heavy atom. The van der Waals surface area contributed by atoms with E-state index in [-0.39, 0.29) is 0 Å². The molecule has 42 valence electrons. The molecule has 0 unspecified atom stereocenters. The molecule has 0 spiro atoms. The number of ether oxygens (including phenoxy) is 1. The molecule has 0 rings (SSSR count). The minimum atomic E-state index is 0.727. The van der Waals surface area contributed by atoms with Gasteiger partial charge in [0, 0.05) is 7.11 Å². The molecular weight excluding hydrogens is 90.1 g/mol. The van der Waals surface area contributed by atoms with Crippen molar-refractivity contribution in [3.05, 3.63) is 0 Å². The summed E-state index contributed by atoms with van der Waals surface area (Å²) in [7, 11) is 1.67. The Kier molecular flexibility index (Phi) is 5.33. The summed E-state index contributed by atoms with van der Waals surface area (Å²) in [6.07, 6.45) is 1.78. The molecule has 0 radical (unpaired) electrons. The molecule has 0 aromatic heterocycles. The first-order valence-electron chi connectivity index (χ1n) is 2.35. The fourth-order valence-electron chi connectivity index (χ4n) is 0.273. The summed E-state index contributed by atoms with van der Waals surface area (Å²) in [5.74, 6) is 0. The van der Waals surface area contributed by atoms with Crippen molar-refractivity contribution in [2.75, 3.05) is 20.3 Å². The third-order valence-corrected chi connectivity index (χ3v) is 0.607. The van der Waals surface area contributed by atoms with E-state index in [1.807, 2.05) is 6.92 Å². The lowest BCUT2D eigenvalue weighted by molar-refractivity contribution is 0.208. The van der Waals surface area contributed by atoms with Crippen LogP contribution in [0, 0.1) is 0 Å². The summed E-state index contributed by atoms with van der Waals surface area (Å²) >= 11 is 0. The van der Waals surface area contributed by atoms with E-state index in [0.29, 0.717) is 0 Å². The predicted molar refractivity (Wildman–Crippen MR) is 30.9 cm³/mol. The maximum absolute atomic E-state index is 4.73. The number of rotatable bonds is 3. The predicted octanol–water partition coefficient (Wildman–Crippen LogP) is 0.724. The van der Waals surface area contributed by atoms with Crippen molar-refractivity contribution in [2.24, 2.45) is 4.99 Å². The van der Waals surface area contributed by atoms with E-state index >= 15 is 0 Å². The zero-order valence-corrected chi connectivity index (χ0v) is 4.85. The molecule has 0 atom stereocenters. The van der Waals surface area contributed by atoms with Gasteiger partial charge < -0.3 is 4.74 Å². The van der Waals surface area contributed by atoms with Gasteiger partial charge in [-0.2, -0.15) is 0 Å². The molecule has 0 aliphatic heterocycles. The van der Waals surface area contributed by atoms with Crippen molar-refractivity contribution in [3.63, 3.8) is 0 Å². The molecule has 0 fully saturated rings. The summed E-state index contributed by atoms with van der Waals surface area (Å²) in [4.78, 5) is 3.91. The highest BCUT2D eigenvalue weighted by Crippen LogP contribution is 1.67. The highest BCUT2D eigenvalue weighted by Gasteiger charge is 1.72. The van der Waals surface area contributed by atoms with Crippen LogP contribution in [0.5, 0.6) is 0 Å². The second-order valence-electron chi connectivity index (χ2n) is 1.16. The van der Waals surface area contributed by atoms with Gasteiger partial charge in [0.1, 0.15) is 0 Å². The van der Waals surface area contributed by atoms with Gasteiger partial charge in [0.2, 0.25) is 0 Å². The van der Waals surface area contributed by atoms with Gasteiger partial charge >= 0.3 is 0 Å². The molecule has 0 amide bonds. The van der Waals surface area contributed by atoms with Gasteiger partial charge in [0.15, 0.2) is 0 Å². The molecule has 0 aromatic carbocycles. The summed E-state index contributed by atoms with van der Waals surface area (Å²) in [6.45, 7) is 3.41. The molecule has 0 bridgehead atoms. The van der Waals surface area contributed by atoms with Crippen molar-refractivity contribution in [1.29, 1.82) is 0 Å². The van der Waals surface area contributed by atoms with Crippen LogP contribution in [0.15, 0.2) is 4.99 Å². The topological polar surface area (TPSA) is 21.6 Å². The Labute approximate surface area is 44.2 Å². The Bertz CT molecular complexity index is 52.0. The molecule has 0 aliphatic rings. The highest BCUT2D eigenvalue weighted by atomic mass is 16.5. The third kappa shape index (κ3) is 5.63. The van der Waals surface area contributed by atoms with Crippen LogP contribution >= 0.6 is 0 Å². The van der Waals surface area contributed by atoms with Crippen LogP contribution in [-0.2, 0) is 4.74 Å². The molecule has 0 saturated heterocycles. The van der Waals surface area contributed by atoms with E-state index < -0.39 is 0 Å². The first kappa shape index (κ1) is 6.63. The summed E-state index contributed by atoms with van der Waals surface area (Å²) in [5, 5.41) is 0. The van der Waals surface area contributed by atoms with Gasteiger partial charge in [-0.1, -0.05) is 0 Å². The SMILES string of the molecule is C/C=N/CCOC. The maximum Gasteiger partial charge on any atom is 0.0657 e. The van der Waals surface area contributed by atoms with E-state index in [2.05, 4.69) is 4.99 Å². The van der Waals surface area contributed by atoms with E-state index in [0.717, 1.165) is 13.2 Å². The van der Waals surface area contributed by atoms with Crippen LogP contribution in [0.25, 0.3) is 0 Å². The van der Waals surface area contributed by atoms with Gasteiger partial charge in [0.05, 0.1) is 13.2 Å². The van der Waals surface area contributed by atoms with E-state index in [1.165, 1.54) is 0 Å². The number of hydrogen-bond donors (Lipinski definition) is 0. The highest BCUT2D eigenvalue weighted by molar-refractivity contribution is 5.53. The molecule has 2 heteroatoms. The zero-order valence-electron chi connectivity index (χ0n) is 4.85. The number of aliphatic imine (C=N–C) groups is 1. The lowest BCUT2D eigenvalue weighted by atomic mass is 10.7. The van der Waals surface area contributed by atoms with Crippen molar-refractivity contribution in [2.45, 2.75) is 6.92 Å². The minimum absolute atomic E-state index is 0.727. The Morgan fingerprint density at radius 3 is 2.86 bits per heavy atom. The Hall–Kier alpha value is -0.370. The lowest BCUT2D eigenvalue weighted by Crippen LogP contribution is -1.91. The van der Waals surface area contributed by atoms with Gasteiger partial charge in [0.25, 0.3) is 0 Å². The van der Waals surface area contributed by atoms with E-state index in [1.54, 1.807) is 13.3 Å². The molecular formula is C5H11NO. The van der Waals surface area contributed by atoms with Crippen LogP contribution in [-0.4, -0.2) is 26.5 Å². The van der Waals surface area contributed by atoms with Crippen molar-refractivity contribution in [3.8, 4) is 0 Å². The van der Waals surface area contributed by atoms with E-state index in [9.17, 15) is 0 Å². The van der Waals surface area contributed by atoms with Crippen LogP contribution < -0.4 is 0 Å². The van der Waals surface area contributed by atoms with E-state index in [4.69, 9.17) is 4.74 Å². The molecule has 0 saturated carbocycles. The van der Waals surface area contributed by atoms with Gasteiger partial charge in [-0.05, 0) is 13.1 Å². The monoisotopic (exact) mass is 101 g/mol. The molecule has 0 aliphatic carbocycles. The second kappa shape index (κ2) is 5.63. The summed E-state index contributed by atoms with van der Waals surface area (Å²) < 4.78 is 4.73. The molecule has 0 aromatic rings. The average molecular weight is 101 g/mol. The standard InChI is InChI=1S/C5H11NO/c1-3-6-4-5-7-2/h3H,4-5H2,1-2H3/b6-3+. The number of hydrogen-bond acceptors (Lipinski definition) is 2. The lowest BCUT2D eigenvalue weighted by Gasteiger charge is -1.87. The van der Waals surface area contributed by atoms with Crippen LogP contribution in [0.2, 0.25) is 0 Å². The Morgan fingerprint density at radius 1 is 1.71 bits per heavy atom. The third-order valence-electron chi connectivity index (χ3n) is 0.607. The number of nitrogens with zero attached hydrogens (tertiary/aromatic N) is 1. The quantitative estimate of drug-likeness (QED) is 0.379. The number of methoxy groups -OCH3 is 1. The van der Waals surface area contributed by atoms with Gasteiger partial charge in [-0.25, -0.2) is 0 Å². The molecule has 0 heterocycles. The summed E-state index contributed by atoms with van der Waals surface area (Å²) in [6, 6.07) is 0. The van der Waals surface area contributed by atoms with Crippen LogP contribution in [0.1, 0.15) is 6.92 Å². The normalized spacial score (nSPS) is 10.6. The van der Waals surface area contributed by atoms with Crippen molar-refractivity contribution < 1.29 is 4.74 Å². The molecule has 7 heavy (non-hydrogen) atoms. The fraction of sp³-hybridized carbons (Fsp3) is 0.800.